The lowest BCUT2D eigenvalue weighted by atomic mass is 10.2. The van der Waals surface area contributed by atoms with Crippen LogP contribution in [0.3, 0.4) is 0 Å². The molecular formula is C17H19NO4. The summed E-state index contributed by atoms with van der Waals surface area (Å²) in [6.45, 7) is 1.68. The molecule has 0 aliphatic carbocycles. The monoisotopic (exact) mass is 301 g/mol. The molecule has 116 valence electrons. The van der Waals surface area contributed by atoms with Crippen LogP contribution >= 0.6 is 0 Å². The third kappa shape index (κ3) is 3.91. The standard InChI is InChI=1S/C17H19NO4/c1-12(22-16-10-5-4-9-15(16)21-3)17(19)18-13-7-6-8-14(11-13)20-2/h4-12H,1-3H3,(H,18,19)/t12-/m1/s1. The number of amides is 1. The number of carbonyl (C=O) groups excluding carboxylic acids is 1. The van der Waals surface area contributed by atoms with E-state index in [1.807, 2.05) is 18.2 Å². The SMILES string of the molecule is COc1cccc(NC(=O)[C@@H](C)Oc2ccccc2OC)c1. The number of nitrogens with one attached hydrogen (secondary N) is 1. The third-order valence-electron chi connectivity index (χ3n) is 3.08. The van der Waals surface area contributed by atoms with Gasteiger partial charge in [0.15, 0.2) is 17.6 Å². The molecule has 5 heteroatoms. The first kappa shape index (κ1) is 15.7. The van der Waals surface area contributed by atoms with Crippen LogP contribution in [0.1, 0.15) is 6.92 Å². The van der Waals surface area contributed by atoms with Crippen molar-refractivity contribution in [3.63, 3.8) is 0 Å². The first-order valence-corrected chi connectivity index (χ1v) is 6.88. The van der Waals surface area contributed by atoms with Crippen molar-refractivity contribution in [2.45, 2.75) is 13.0 Å². The smallest absolute Gasteiger partial charge is 0.265 e. The zero-order valence-corrected chi connectivity index (χ0v) is 12.8. The lowest BCUT2D eigenvalue weighted by Crippen LogP contribution is -2.30. The van der Waals surface area contributed by atoms with E-state index in [9.17, 15) is 4.79 Å². The Morgan fingerprint density at radius 3 is 2.41 bits per heavy atom. The number of carbonyl (C=O) groups is 1. The topological polar surface area (TPSA) is 56.8 Å². The van der Waals surface area contributed by atoms with E-state index in [0.29, 0.717) is 22.9 Å². The summed E-state index contributed by atoms with van der Waals surface area (Å²) in [7, 11) is 3.14. The van der Waals surface area contributed by atoms with Crippen LogP contribution in [0, 0.1) is 0 Å². The molecule has 2 aromatic rings. The van der Waals surface area contributed by atoms with Crippen molar-refractivity contribution in [1.82, 2.24) is 0 Å². The molecule has 0 radical (unpaired) electrons. The molecule has 0 aromatic heterocycles. The maximum absolute atomic E-state index is 12.2. The van der Waals surface area contributed by atoms with Crippen LogP contribution in [0.25, 0.3) is 0 Å². The fraction of sp³-hybridized carbons (Fsp3) is 0.235. The first-order chi connectivity index (χ1) is 10.6. The highest BCUT2D eigenvalue weighted by Crippen LogP contribution is 2.27. The van der Waals surface area contributed by atoms with Crippen LogP contribution in [0.4, 0.5) is 5.69 Å². The van der Waals surface area contributed by atoms with Crippen LogP contribution in [0.5, 0.6) is 17.2 Å². The molecule has 0 aliphatic heterocycles. The summed E-state index contributed by atoms with van der Waals surface area (Å²) in [5, 5.41) is 2.79. The quantitative estimate of drug-likeness (QED) is 0.890. The van der Waals surface area contributed by atoms with Crippen LogP contribution in [0.15, 0.2) is 48.5 Å². The van der Waals surface area contributed by atoms with E-state index < -0.39 is 6.10 Å². The van der Waals surface area contributed by atoms with E-state index in [4.69, 9.17) is 14.2 Å². The van der Waals surface area contributed by atoms with Gasteiger partial charge in [0.25, 0.3) is 5.91 Å². The number of para-hydroxylation sites is 2. The van der Waals surface area contributed by atoms with Crippen LogP contribution in [0.2, 0.25) is 0 Å². The van der Waals surface area contributed by atoms with Crippen LogP contribution < -0.4 is 19.5 Å². The van der Waals surface area contributed by atoms with Crippen molar-refractivity contribution < 1.29 is 19.0 Å². The molecule has 1 N–H and O–H groups in total. The lowest BCUT2D eigenvalue weighted by molar-refractivity contribution is -0.122. The second-order valence-corrected chi connectivity index (χ2v) is 4.63. The molecular weight excluding hydrogens is 282 g/mol. The number of hydrogen-bond donors (Lipinski definition) is 1. The molecule has 0 spiro atoms. The van der Waals surface area contributed by atoms with E-state index in [1.54, 1.807) is 51.5 Å². The summed E-state index contributed by atoms with van der Waals surface area (Å²) in [6, 6.07) is 14.3. The van der Waals surface area contributed by atoms with E-state index in [1.165, 1.54) is 0 Å². The summed E-state index contributed by atoms with van der Waals surface area (Å²) >= 11 is 0. The van der Waals surface area contributed by atoms with Gasteiger partial charge in [0, 0.05) is 11.8 Å². The van der Waals surface area contributed by atoms with Gasteiger partial charge in [0.05, 0.1) is 14.2 Å². The van der Waals surface area contributed by atoms with E-state index >= 15 is 0 Å². The normalized spacial score (nSPS) is 11.4. The van der Waals surface area contributed by atoms with Gasteiger partial charge in [0.2, 0.25) is 0 Å². The molecule has 2 rings (SSSR count). The Balaban J connectivity index is 2.02. The Labute approximate surface area is 129 Å². The van der Waals surface area contributed by atoms with Gasteiger partial charge in [-0.3, -0.25) is 4.79 Å². The predicted octanol–water partition coefficient (Wildman–Crippen LogP) is 3.11. The number of hydrogen-bond acceptors (Lipinski definition) is 4. The Hall–Kier alpha value is -2.69. The molecule has 0 heterocycles. The van der Waals surface area contributed by atoms with Crippen molar-refractivity contribution in [3.05, 3.63) is 48.5 Å². The number of rotatable bonds is 6. The fourth-order valence-electron chi connectivity index (χ4n) is 1.90. The van der Waals surface area contributed by atoms with Crippen molar-refractivity contribution in [2.75, 3.05) is 19.5 Å². The van der Waals surface area contributed by atoms with E-state index in [0.717, 1.165) is 0 Å². The average Bonchev–Trinajstić information content (AvgIpc) is 2.55. The zero-order valence-electron chi connectivity index (χ0n) is 12.8. The van der Waals surface area contributed by atoms with E-state index in [-0.39, 0.29) is 5.91 Å². The third-order valence-corrected chi connectivity index (χ3v) is 3.08. The molecule has 0 bridgehead atoms. The Morgan fingerprint density at radius 1 is 1.00 bits per heavy atom. The molecule has 22 heavy (non-hydrogen) atoms. The molecule has 0 unspecified atom stereocenters. The average molecular weight is 301 g/mol. The second-order valence-electron chi connectivity index (χ2n) is 4.63. The maximum atomic E-state index is 12.2. The highest BCUT2D eigenvalue weighted by atomic mass is 16.5. The second kappa shape index (κ2) is 7.36. The van der Waals surface area contributed by atoms with Gasteiger partial charge in [-0.15, -0.1) is 0 Å². The van der Waals surface area contributed by atoms with Crippen LogP contribution in [-0.4, -0.2) is 26.2 Å². The molecule has 0 aliphatic rings. The zero-order chi connectivity index (χ0) is 15.9. The minimum absolute atomic E-state index is 0.251. The minimum Gasteiger partial charge on any atom is -0.497 e. The fourth-order valence-corrected chi connectivity index (χ4v) is 1.90. The van der Waals surface area contributed by atoms with Crippen molar-refractivity contribution >= 4 is 11.6 Å². The molecule has 0 saturated heterocycles. The molecule has 2 aromatic carbocycles. The van der Waals surface area contributed by atoms with Gasteiger partial charge in [-0.25, -0.2) is 0 Å². The number of methoxy groups -OCH3 is 2. The molecule has 0 fully saturated rings. The molecule has 0 saturated carbocycles. The Bertz CT molecular complexity index is 642. The summed E-state index contributed by atoms with van der Waals surface area (Å²) in [5.41, 5.74) is 0.653. The minimum atomic E-state index is -0.664. The maximum Gasteiger partial charge on any atom is 0.265 e. The highest BCUT2D eigenvalue weighted by Gasteiger charge is 2.17. The van der Waals surface area contributed by atoms with Gasteiger partial charge in [-0.05, 0) is 31.2 Å². The van der Waals surface area contributed by atoms with Gasteiger partial charge in [0.1, 0.15) is 5.75 Å². The lowest BCUT2D eigenvalue weighted by Gasteiger charge is -2.16. The highest BCUT2D eigenvalue weighted by molar-refractivity contribution is 5.94. The summed E-state index contributed by atoms with van der Waals surface area (Å²) < 4.78 is 16.0. The summed E-state index contributed by atoms with van der Waals surface area (Å²) in [4.78, 5) is 12.2. The molecule has 1 amide bonds. The summed E-state index contributed by atoms with van der Waals surface area (Å²) in [6.07, 6.45) is -0.664. The Morgan fingerprint density at radius 2 is 1.73 bits per heavy atom. The Kier molecular flexibility index (Phi) is 5.25. The van der Waals surface area contributed by atoms with E-state index in [2.05, 4.69) is 5.32 Å². The largest absolute Gasteiger partial charge is 0.497 e. The summed E-state index contributed by atoms with van der Waals surface area (Å²) in [5.74, 6) is 1.54. The van der Waals surface area contributed by atoms with Crippen LogP contribution in [-0.2, 0) is 4.79 Å². The number of anilines is 1. The molecule has 5 nitrogen and oxygen atoms in total. The predicted molar refractivity (Wildman–Crippen MR) is 84.7 cm³/mol. The van der Waals surface area contributed by atoms with Crippen molar-refractivity contribution in [2.24, 2.45) is 0 Å². The van der Waals surface area contributed by atoms with Gasteiger partial charge < -0.3 is 19.5 Å². The van der Waals surface area contributed by atoms with Gasteiger partial charge >= 0.3 is 0 Å². The number of benzene rings is 2. The number of ether oxygens (including phenoxy) is 3. The van der Waals surface area contributed by atoms with Crippen molar-refractivity contribution in [3.8, 4) is 17.2 Å². The van der Waals surface area contributed by atoms with Gasteiger partial charge in [-0.1, -0.05) is 18.2 Å². The first-order valence-electron chi connectivity index (χ1n) is 6.88. The van der Waals surface area contributed by atoms with Gasteiger partial charge in [-0.2, -0.15) is 0 Å². The van der Waals surface area contributed by atoms with Crippen molar-refractivity contribution in [1.29, 1.82) is 0 Å². The molecule has 1 atom stereocenters.